The van der Waals surface area contributed by atoms with Crippen LogP contribution in [0.15, 0.2) is 42.7 Å². The van der Waals surface area contributed by atoms with Crippen LogP contribution in [0.4, 0.5) is 0 Å². The summed E-state index contributed by atoms with van der Waals surface area (Å²) in [6.45, 7) is 0. The molecule has 0 spiro atoms. The lowest BCUT2D eigenvalue weighted by molar-refractivity contribution is -0.133. The number of phenolic OH excluding ortho intramolecular Hbond substituents is 2. The van der Waals surface area contributed by atoms with Gasteiger partial charge in [0.2, 0.25) is 5.91 Å². The van der Waals surface area contributed by atoms with Crippen LogP contribution in [0, 0.1) is 11.3 Å². The number of hydrogen-bond donors (Lipinski definition) is 5. The van der Waals surface area contributed by atoms with Gasteiger partial charge < -0.3 is 20.1 Å². The highest BCUT2D eigenvalue weighted by atomic mass is 16.5. The Morgan fingerprint density at radius 1 is 1.27 bits per heavy atom. The molecule has 0 aromatic heterocycles. The number of hydroxylamine groups is 1. The number of aromatic hydroxyl groups is 2. The van der Waals surface area contributed by atoms with Crippen LogP contribution < -0.4 is 10.2 Å². The van der Waals surface area contributed by atoms with Gasteiger partial charge in [0.15, 0.2) is 0 Å². The third-order valence-electron chi connectivity index (χ3n) is 4.07. The molecule has 0 radical (unpaired) electrons. The first-order valence-corrected chi connectivity index (χ1v) is 7.48. The van der Waals surface area contributed by atoms with Crippen molar-refractivity contribution in [3.8, 4) is 23.3 Å². The molecule has 0 saturated carbocycles. The molecule has 3 rings (SSSR count). The van der Waals surface area contributed by atoms with Crippen LogP contribution in [0.5, 0.6) is 17.2 Å². The molecule has 0 bridgehead atoms. The van der Waals surface area contributed by atoms with Gasteiger partial charge in [-0.05, 0) is 17.7 Å². The molecule has 0 fully saturated rings. The third kappa shape index (κ3) is 2.82. The number of nitrogens with zero attached hydrogens (tertiary/aromatic N) is 1. The maximum atomic E-state index is 11.8. The molecule has 5 N–H and O–H groups in total. The molecule has 2 aromatic rings. The van der Waals surface area contributed by atoms with E-state index in [4.69, 9.17) is 15.2 Å². The lowest BCUT2D eigenvalue weighted by atomic mass is 9.78. The van der Waals surface area contributed by atoms with Gasteiger partial charge in [-0.25, -0.2) is 5.48 Å². The summed E-state index contributed by atoms with van der Waals surface area (Å²) in [5, 5.41) is 49.2. The Labute approximate surface area is 147 Å². The van der Waals surface area contributed by atoms with Crippen molar-refractivity contribution in [2.45, 2.75) is 12.0 Å². The molecule has 8 heteroatoms. The van der Waals surface area contributed by atoms with Gasteiger partial charge in [0.25, 0.3) is 0 Å². The van der Waals surface area contributed by atoms with Gasteiger partial charge in [-0.2, -0.15) is 5.26 Å². The molecule has 1 unspecified atom stereocenters. The molecule has 1 heterocycles. The smallest absolute Gasteiger partial charge is 0.246 e. The Kier molecular flexibility index (Phi) is 4.26. The van der Waals surface area contributed by atoms with Gasteiger partial charge in [-0.1, -0.05) is 12.1 Å². The number of nitrogens with one attached hydrogen (secondary N) is 1. The molecule has 1 atom stereocenters. The first-order valence-electron chi connectivity index (χ1n) is 7.48. The van der Waals surface area contributed by atoms with Gasteiger partial charge in [-0.3, -0.25) is 10.0 Å². The van der Waals surface area contributed by atoms with E-state index in [9.17, 15) is 20.1 Å². The summed E-state index contributed by atoms with van der Waals surface area (Å²) in [6.07, 6.45) is 0.531. The van der Waals surface area contributed by atoms with E-state index in [1.807, 2.05) is 6.07 Å². The monoisotopic (exact) mass is 354 g/mol. The SMILES string of the molecule is N#Cc1cccc(C2=COc3cc(O)cc(O)c3C2(O)CC(=O)NO)c1. The number of nitriles is 1. The summed E-state index contributed by atoms with van der Waals surface area (Å²) in [6, 6.07) is 10.4. The maximum absolute atomic E-state index is 11.8. The zero-order valence-electron chi connectivity index (χ0n) is 13.3. The second-order valence-corrected chi connectivity index (χ2v) is 5.75. The van der Waals surface area contributed by atoms with Crippen molar-refractivity contribution >= 4 is 11.5 Å². The van der Waals surface area contributed by atoms with Crippen molar-refractivity contribution in [3.63, 3.8) is 0 Å². The number of benzene rings is 2. The summed E-state index contributed by atoms with van der Waals surface area (Å²) in [5.41, 5.74) is 0.0319. The normalized spacial score (nSPS) is 18.1. The Hall–Kier alpha value is -3.54. The second-order valence-electron chi connectivity index (χ2n) is 5.75. The van der Waals surface area contributed by atoms with Crippen LogP contribution in [0.2, 0.25) is 0 Å². The minimum atomic E-state index is -2.08. The Balaban J connectivity index is 2.22. The maximum Gasteiger partial charge on any atom is 0.246 e. The molecule has 1 amide bonds. The molecule has 0 aliphatic carbocycles. The van der Waals surface area contributed by atoms with Crippen LogP contribution in [-0.2, 0) is 10.4 Å². The number of carbonyl (C=O) groups is 1. The Bertz CT molecular complexity index is 963. The fraction of sp³-hybridized carbons (Fsp3) is 0.111. The number of fused-ring (bicyclic) bond motifs is 1. The zero-order valence-corrected chi connectivity index (χ0v) is 13.3. The molecular weight excluding hydrogens is 340 g/mol. The van der Waals surface area contributed by atoms with Crippen LogP contribution in [0.25, 0.3) is 5.57 Å². The Morgan fingerprint density at radius 2 is 2.04 bits per heavy atom. The molecule has 132 valence electrons. The van der Waals surface area contributed by atoms with Crippen molar-refractivity contribution in [2.24, 2.45) is 0 Å². The molecule has 8 nitrogen and oxygen atoms in total. The molecule has 2 aromatic carbocycles. The lowest BCUT2D eigenvalue weighted by Crippen LogP contribution is -2.37. The average Bonchev–Trinajstić information content (AvgIpc) is 2.60. The van der Waals surface area contributed by atoms with E-state index in [2.05, 4.69) is 0 Å². The van der Waals surface area contributed by atoms with Crippen molar-refractivity contribution in [1.29, 1.82) is 5.26 Å². The fourth-order valence-corrected chi connectivity index (χ4v) is 2.97. The summed E-state index contributed by atoms with van der Waals surface area (Å²) >= 11 is 0. The van der Waals surface area contributed by atoms with Gasteiger partial charge in [0, 0.05) is 17.7 Å². The van der Waals surface area contributed by atoms with Crippen molar-refractivity contribution in [2.75, 3.05) is 0 Å². The first kappa shape index (κ1) is 17.3. The van der Waals surface area contributed by atoms with Gasteiger partial charge in [-0.15, -0.1) is 0 Å². The van der Waals surface area contributed by atoms with Crippen LogP contribution >= 0.6 is 0 Å². The summed E-state index contributed by atoms with van der Waals surface area (Å²) < 4.78 is 5.42. The van der Waals surface area contributed by atoms with Gasteiger partial charge in [0.05, 0.1) is 29.9 Å². The quantitative estimate of drug-likeness (QED) is 0.415. The van der Waals surface area contributed by atoms with E-state index in [1.54, 1.807) is 18.2 Å². The first-order chi connectivity index (χ1) is 12.4. The van der Waals surface area contributed by atoms with Crippen LogP contribution in [0.3, 0.4) is 0 Å². The van der Waals surface area contributed by atoms with E-state index >= 15 is 0 Å². The molecular formula is C18H14N2O6. The zero-order chi connectivity index (χ0) is 18.9. The minimum absolute atomic E-state index is 0.0454. The Morgan fingerprint density at radius 3 is 2.73 bits per heavy atom. The second kappa shape index (κ2) is 6.40. The lowest BCUT2D eigenvalue weighted by Gasteiger charge is -2.35. The number of rotatable bonds is 3. The van der Waals surface area contributed by atoms with Crippen LogP contribution in [0.1, 0.15) is 23.1 Å². The summed E-state index contributed by atoms with van der Waals surface area (Å²) in [4.78, 5) is 11.8. The molecule has 1 aliphatic heterocycles. The van der Waals surface area contributed by atoms with Crippen molar-refractivity contribution in [1.82, 2.24) is 5.48 Å². The van der Waals surface area contributed by atoms with Crippen LogP contribution in [-0.4, -0.2) is 26.4 Å². The number of amides is 1. The predicted molar refractivity (Wildman–Crippen MR) is 88.0 cm³/mol. The van der Waals surface area contributed by atoms with Gasteiger partial charge >= 0.3 is 0 Å². The van der Waals surface area contributed by atoms with E-state index in [-0.39, 0.29) is 22.6 Å². The van der Waals surface area contributed by atoms with E-state index in [0.717, 1.165) is 6.07 Å². The van der Waals surface area contributed by atoms with Gasteiger partial charge in [0.1, 0.15) is 22.8 Å². The van der Waals surface area contributed by atoms with Crippen molar-refractivity contribution in [3.05, 3.63) is 59.4 Å². The summed E-state index contributed by atoms with van der Waals surface area (Å²) in [5.74, 6) is -1.74. The number of phenols is 2. The summed E-state index contributed by atoms with van der Waals surface area (Å²) in [7, 11) is 0. The highest BCUT2D eigenvalue weighted by molar-refractivity contribution is 5.86. The number of aliphatic hydroxyl groups is 1. The average molecular weight is 354 g/mol. The number of ether oxygens (including phenoxy) is 1. The highest BCUT2D eigenvalue weighted by Gasteiger charge is 2.44. The number of hydrogen-bond acceptors (Lipinski definition) is 7. The fourth-order valence-electron chi connectivity index (χ4n) is 2.97. The molecule has 26 heavy (non-hydrogen) atoms. The molecule has 1 aliphatic rings. The largest absolute Gasteiger partial charge is 0.508 e. The van der Waals surface area contributed by atoms with Crippen molar-refractivity contribution < 1.29 is 30.1 Å². The van der Waals surface area contributed by atoms with E-state index in [1.165, 1.54) is 23.9 Å². The number of carbonyl (C=O) groups excluding carboxylic acids is 1. The van der Waals surface area contributed by atoms with E-state index < -0.39 is 23.7 Å². The molecule has 0 saturated heterocycles. The topological polar surface area (TPSA) is 143 Å². The minimum Gasteiger partial charge on any atom is -0.508 e. The highest BCUT2D eigenvalue weighted by Crippen LogP contribution is 2.51. The predicted octanol–water partition coefficient (Wildman–Crippen LogP) is 1.49. The van der Waals surface area contributed by atoms with E-state index in [0.29, 0.717) is 11.1 Å². The standard InChI is InChI=1S/C18H14N2O6/c19-8-10-2-1-3-11(4-10)13-9-26-15-6-12(21)5-14(22)17(15)18(13,24)7-16(23)20-25/h1-6,9,21-22,24-25H,7H2,(H,20,23). The third-order valence-corrected chi connectivity index (χ3v) is 4.07.